The molecule has 3 heteroatoms. The molecule has 98 valence electrons. The molecule has 3 rings (SSSR count). The van der Waals surface area contributed by atoms with E-state index in [0.29, 0.717) is 5.88 Å². The molecule has 1 aromatic heterocycles. The third-order valence-corrected chi connectivity index (χ3v) is 3.53. The highest BCUT2D eigenvalue weighted by Gasteiger charge is 2.11. The van der Waals surface area contributed by atoms with Gasteiger partial charge in [-0.2, -0.15) is 0 Å². The number of fused-ring (bicyclic) bond motifs is 1. The SMILES string of the molecule is C[C@H](O)c1ccc(Oc2ccc3c(c2)CCC3)nc1. The third kappa shape index (κ3) is 2.61. The van der Waals surface area contributed by atoms with Crippen LogP contribution in [0.2, 0.25) is 0 Å². The van der Waals surface area contributed by atoms with E-state index < -0.39 is 6.10 Å². The summed E-state index contributed by atoms with van der Waals surface area (Å²) in [4.78, 5) is 4.21. The molecule has 0 saturated heterocycles. The van der Waals surface area contributed by atoms with Crippen LogP contribution in [0, 0.1) is 0 Å². The van der Waals surface area contributed by atoms with Gasteiger partial charge < -0.3 is 9.84 Å². The highest BCUT2D eigenvalue weighted by molar-refractivity contribution is 5.39. The number of aromatic nitrogens is 1. The molecule has 2 aromatic rings. The first-order chi connectivity index (χ1) is 9.22. The minimum absolute atomic E-state index is 0.499. The van der Waals surface area contributed by atoms with Crippen LogP contribution in [0.15, 0.2) is 36.5 Å². The number of benzene rings is 1. The number of hydrogen-bond acceptors (Lipinski definition) is 3. The number of aliphatic hydroxyl groups is 1. The van der Waals surface area contributed by atoms with E-state index in [4.69, 9.17) is 4.74 Å². The van der Waals surface area contributed by atoms with E-state index in [-0.39, 0.29) is 0 Å². The van der Waals surface area contributed by atoms with Crippen molar-refractivity contribution in [2.24, 2.45) is 0 Å². The largest absolute Gasteiger partial charge is 0.439 e. The second-order valence-corrected chi connectivity index (χ2v) is 4.99. The molecule has 0 bridgehead atoms. The van der Waals surface area contributed by atoms with E-state index in [1.165, 1.54) is 24.0 Å². The molecule has 1 heterocycles. The molecule has 1 aromatic carbocycles. The van der Waals surface area contributed by atoms with Gasteiger partial charge in [-0.05, 0) is 61.1 Å². The average Bonchev–Trinajstić information content (AvgIpc) is 2.87. The summed E-state index contributed by atoms with van der Waals surface area (Å²) in [6.45, 7) is 1.72. The van der Waals surface area contributed by atoms with Gasteiger partial charge in [-0.25, -0.2) is 4.98 Å². The number of aryl methyl sites for hydroxylation is 2. The van der Waals surface area contributed by atoms with Gasteiger partial charge in [0.05, 0.1) is 6.10 Å². The van der Waals surface area contributed by atoms with E-state index in [9.17, 15) is 5.11 Å². The highest BCUT2D eigenvalue weighted by Crippen LogP contribution is 2.28. The Hall–Kier alpha value is -1.87. The van der Waals surface area contributed by atoms with Crippen LogP contribution in [0.1, 0.15) is 36.1 Å². The fourth-order valence-corrected chi connectivity index (χ4v) is 2.43. The van der Waals surface area contributed by atoms with E-state index in [2.05, 4.69) is 17.1 Å². The van der Waals surface area contributed by atoms with Gasteiger partial charge in [-0.1, -0.05) is 6.07 Å². The zero-order chi connectivity index (χ0) is 13.2. The van der Waals surface area contributed by atoms with Gasteiger partial charge in [0, 0.05) is 12.3 Å². The van der Waals surface area contributed by atoms with Crippen molar-refractivity contribution < 1.29 is 9.84 Å². The quantitative estimate of drug-likeness (QED) is 0.913. The molecule has 1 aliphatic rings. The number of nitrogens with zero attached hydrogens (tertiary/aromatic N) is 1. The molecule has 0 amide bonds. The number of pyridine rings is 1. The van der Waals surface area contributed by atoms with Crippen molar-refractivity contribution >= 4 is 0 Å². The lowest BCUT2D eigenvalue weighted by atomic mass is 10.1. The topological polar surface area (TPSA) is 42.4 Å². The molecule has 1 N–H and O–H groups in total. The summed E-state index contributed by atoms with van der Waals surface area (Å²) in [5.41, 5.74) is 3.61. The molecule has 0 saturated carbocycles. The molecule has 0 spiro atoms. The van der Waals surface area contributed by atoms with Crippen LogP contribution in [-0.4, -0.2) is 10.1 Å². The molecule has 3 nitrogen and oxygen atoms in total. The maximum Gasteiger partial charge on any atom is 0.219 e. The monoisotopic (exact) mass is 255 g/mol. The van der Waals surface area contributed by atoms with E-state index in [1.807, 2.05) is 12.1 Å². The summed E-state index contributed by atoms with van der Waals surface area (Å²) < 4.78 is 5.75. The number of ether oxygens (including phenoxy) is 1. The normalized spacial score (nSPS) is 15.1. The molecule has 1 atom stereocenters. The Labute approximate surface area is 112 Å². The number of rotatable bonds is 3. The van der Waals surface area contributed by atoms with E-state index in [0.717, 1.165) is 17.7 Å². The maximum atomic E-state index is 9.43. The first-order valence-corrected chi connectivity index (χ1v) is 6.66. The molecular weight excluding hydrogens is 238 g/mol. The van der Waals surface area contributed by atoms with Crippen molar-refractivity contribution in [1.29, 1.82) is 0 Å². The smallest absolute Gasteiger partial charge is 0.219 e. The van der Waals surface area contributed by atoms with Crippen LogP contribution in [0.3, 0.4) is 0 Å². The minimum atomic E-state index is -0.499. The zero-order valence-corrected chi connectivity index (χ0v) is 11.0. The average molecular weight is 255 g/mol. The predicted octanol–water partition coefficient (Wildman–Crippen LogP) is 3.42. The first kappa shape index (κ1) is 12.2. The molecular formula is C16H17NO2. The van der Waals surface area contributed by atoms with Gasteiger partial charge in [0.25, 0.3) is 0 Å². The zero-order valence-electron chi connectivity index (χ0n) is 11.0. The number of aliphatic hydroxyl groups excluding tert-OH is 1. The van der Waals surface area contributed by atoms with Crippen molar-refractivity contribution in [1.82, 2.24) is 4.98 Å². The van der Waals surface area contributed by atoms with Crippen molar-refractivity contribution in [3.05, 3.63) is 53.2 Å². The standard InChI is InChI=1S/C16H17NO2/c1-11(18)14-6-8-16(17-10-14)19-15-7-5-12-3-2-4-13(12)9-15/h5-11,18H,2-4H2,1H3/t11-/m0/s1. The van der Waals surface area contributed by atoms with Gasteiger partial charge in [0.15, 0.2) is 0 Å². The predicted molar refractivity (Wildman–Crippen MR) is 73.4 cm³/mol. The lowest BCUT2D eigenvalue weighted by Gasteiger charge is -2.08. The van der Waals surface area contributed by atoms with Crippen LogP contribution in [0.4, 0.5) is 0 Å². The van der Waals surface area contributed by atoms with Gasteiger partial charge in [-0.15, -0.1) is 0 Å². The summed E-state index contributed by atoms with van der Waals surface area (Å²) in [5, 5.41) is 9.43. The molecule has 19 heavy (non-hydrogen) atoms. The summed E-state index contributed by atoms with van der Waals surface area (Å²) in [6.07, 6.45) is 4.70. The fraction of sp³-hybridized carbons (Fsp3) is 0.312. The summed E-state index contributed by atoms with van der Waals surface area (Å²) >= 11 is 0. The third-order valence-electron chi connectivity index (χ3n) is 3.53. The molecule has 1 aliphatic carbocycles. The Morgan fingerprint density at radius 3 is 2.74 bits per heavy atom. The Morgan fingerprint density at radius 1 is 1.16 bits per heavy atom. The molecule has 0 unspecified atom stereocenters. The Morgan fingerprint density at radius 2 is 2.00 bits per heavy atom. The van der Waals surface area contributed by atoms with E-state index in [1.54, 1.807) is 19.2 Å². The van der Waals surface area contributed by atoms with Crippen LogP contribution in [0.25, 0.3) is 0 Å². The van der Waals surface area contributed by atoms with Gasteiger partial charge in [-0.3, -0.25) is 0 Å². The first-order valence-electron chi connectivity index (χ1n) is 6.66. The number of hydrogen-bond donors (Lipinski definition) is 1. The molecule has 0 fully saturated rings. The van der Waals surface area contributed by atoms with Gasteiger partial charge in [0.1, 0.15) is 5.75 Å². The maximum absolute atomic E-state index is 9.43. The van der Waals surface area contributed by atoms with E-state index >= 15 is 0 Å². The van der Waals surface area contributed by atoms with Crippen LogP contribution in [0.5, 0.6) is 11.6 Å². The molecule has 0 radical (unpaired) electrons. The fourth-order valence-electron chi connectivity index (χ4n) is 2.43. The van der Waals surface area contributed by atoms with Gasteiger partial charge in [0.2, 0.25) is 5.88 Å². The summed E-state index contributed by atoms with van der Waals surface area (Å²) in [6, 6.07) is 9.86. The second-order valence-electron chi connectivity index (χ2n) is 4.99. The Bertz CT molecular complexity index is 576. The van der Waals surface area contributed by atoms with Crippen molar-refractivity contribution in [2.45, 2.75) is 32.3 Å². The van der Waals surface area contributed by atoms with Crippen LogP contribution < -0.4 is 4.74 Å². The minimum Gasteiger partial charge on any atom is -0.439 e. The van der Waals surface area contributed by atoms with Crippen molar-refractivity contribution in [3.63, 3.8) is 0 Å². The highest BCUT2D eigenvalue weighted by atomic mass is 16.5. The van der Waals surface area contributed by atoms with Crippen LogP contribution >= 0.6 is 0 Å². The Kier molecular flexibility index (Phi) is 3.22. The van der Waals surface area contributed by atoms with Crippen molar-refractivity contribution in [3.8, 4) is 11.6 Å². The van der Waals surface area contributed by atoms with Crippen molar-refractivity contribution in [2.75, 3.05) is 0 Å². The Balaban J connectivity index is 1.77. The summed E-state index contributed by atoms with van der Waals surface area (Å²) in [7, 11) is 0. The summed E-state index contributed by atoms with van der Waals surface area (Å²) in [5.74, 6) is 1.39. The van der Waals surface area contributed by atoms with Gasteiger partial charge >= 0.3 is 0 Å². The van der Waals surface area contributed by atoms with Crippen LogP contribution in [-0.2, 0) is 12.8 Å². The lowest BCUT2D eigenvalue weighted by molar-refractivity contribution is 0.198. The lowest BCUT2D eigenvalue weighted by Crippen LogP contribution is -1.94. The molecule has 0 aliphatic heterocycles. The second kappa shape index (κ2) is 5.02.